The standard InChI is InChI=1S/C21H30N4O/c1-6-25(7-2)18-9-11-19(16(5)12-18)24-17-8-10-20(22-14-17)21(26)23-13-15(3)4/h8-12,14-15,24H,6-7,13H2,1-5H3,(H,23,26). The molecular weight excluding hydrogens is 324 g/mol. The van der Waals surface area contributed by atoms with E-state index in [1.54, 1.807) is 12.3 Å². The van der Waals surface area contributed by atoms with E-state index in [0.29, 0.717) is 18.2 Å². The first-order valence-corrected chi connectivity index (χ1v) is 9.31. The molecule has 1 aromatic heterocycles. The van der Waals surface area contributed by atoms with E-state index in [0.717, 1.165) is 24.5 Å². The van der Waals surface area contributed by atoms with Crippen molar-refractivity contribution in [3.63, 3.8) is 0 Å². The molecule has 0 unspecified atom stereocenters. The van der Waals surface area contributed by atoms with Gasteiger partial charge in [-0.05, 0) is 62.6 Å². The van der Waals surface area contributed by atoms with Gasteiger partial charge in [-0.25, -0.2) is 4.98 Å². The van der Waals surface area contributed by atoms with Crippen LogP contribution in [0.4, 0.5) is 17.1 Å². The van der Waals surface area contributed by atoms with Crippen LogP contribution in [0.1, 0.15) is 43.7 Å². The van der Waals surface area contributed by atoms with Crippen molar-refractivity contribution in [1.29, 1.82) is 0 Å². The first-order chi connectivity index (χ1) is 12.4. The van der Waals surface area contributed by atoms with Gasteiger partial charge in [0.05, 0.1) is 11.9 Å². The fraction of sp³-hybridized carbons (Fsp3) is 0.429. The third-order valence-electron chi connectivity index (χ3n) is 4.28. The van der Waals surface area contributed by atoms with E-state index in [-0.39, 0.29) is 5.91 Å². The Morgan fingerprint density at radius 3 is 2.42 bits per heavy atom. The van der Waals surface area contributed by atoms with Gasteiger partial charge in [0, 0.05) is 31.0 Å². The monoisotopic (exact) mass is 354 g/mol. The molecule has 5 nitrogen and oxygen atoms in total. The summed E-state index contributed by atoms with van der Waals surface area (Å²) in [5.41, 5.74) is 4.75. The van der Waals surface area contributed by atoms with Gasteiger partial charge in [-0.15, -0.1) is 0 Å². The number of anilines is 3. The largest absolute Gasteiger partial charge is 0.372 e. The zero-order valence-corrected chi connectivity index (χ0v) is 16.5. The van der Waals surface area contributed by atoms with Crippen LogP contribution in [0.5, 0.6) is 0 Å². The van der Waals surface area contributed by atoms with E-state index in [9.17, 15) is 4.79 Å². The zero-order chi connectivity index (χ0) is 19.1. The van der Waals surface area contributed by atoms with Crippen LogP contribution in [-0.2, 0) is 0 Å². The molecule has 140 valence electrons. The topological polar surface area (TPSA) is 57.3 Å². The molecule has 0 aliphatic carbocycles. The first kappa shape index (κ1) is 19.8. The molecule has 26 heavy (non-hydrogen) atoms. The number of carbonyl (C=O) groups is 1. The third kappa shape index (κ3) is 5.22. The average Bonchev–Trinajstić information content (AvgIpc) is 2.63. The molecule has 1 amide bonds. The van der Waals surface area contributed by atoms with E-state index in [4.69, 9.17) is 0 Å². The van der Waals surface area contributed by atoms with E-state index in [2.05, 4.69) is 73.3 Å². The minimum atomic E-state index is -0.134. The number of hydrogen-bond acceptors (Lipinski definition) is 4. The highest BCUT2D eigenvalue weighted by Crippen LogP contribution is 2.25. The van der Waals surface area contributed by atoms with Crippen molar-refractivity contribution in [2.24, 2.45) is 5.92 Å². The van der Waals surface area contributed by atoms with Crippen LogP contribution < -0.4 is 15.5 Å². The third-order valence-corrected chi connectivity index (χ3v) is 4.28. The number of benzene rings is 1. The molecule has 2 rings (SSSR count). The summed E-state index contributed by atoms with van der Waals surface area (Å²) < 4.78 is 0. The number of pyridine rings is 1. The van der Waals surface area contributed by atoms with Crippen molar-refractivity contribution < 1.29 is 4.79 Å². The lowest BCUT2D eigenvalue weighted by molar-refractivity contribution is 0.0944. The summed E-state index contributed by atoms with van der Waals surface area (Å²) in [6, 6.07) is 10.0. The smallest absolute Gasteiger partial charge is 0.269 e. The number of amides is 1. The predicted molar refractivity (Wildman–Crippen MR) is 109 cm³/mol. The molecule has 2 aromatic rings. The summed E-state index contributed by atoms with van der Waals surface area (Å²) in [7, 11) is 0. The summed E-state index contributed by atoms with van der Waals surface area (Å²) in [5, 5.41) is 6.26. The van der Waals surface area contributed by atoms with Gasteiger partial charge < -0.3 is 15.5 Å². The Bertz CT molecular complexity index is 721. The molecule has 0 aliphatic heterocycles. The van der Waals surface area contributed by atoms with Crippen LogP contribution >= 0.6 is 0 Å². The molecule has 0 saturated heterocycles. The van der Waals surface area contributed by atoms with Gasteiger partial charge in [-0.2, -0.15) is 0 Å². The van der Waals surface area contributed by atoms with E-state index in [1.807, 2.05) is 6.07 Å². The maximum Gasteiger partial charge on any atom is 0.269 e. The second-order valence-electron chi connectivity index (χ2n) is 6.83. The van der Waals surface area contributed by atoms with Gasteiger partial charge in [0.1, 0.15) is 5.69 Å². The van der Waals surface area contributed by atoms with Crippen molar-refractivity contribution >= 4 is 23.0 Å². The van der Waals surface area contributed by atoms with E-state index >= 15 is 0 Å². The van der Waals surface area contributed by atoms with Crippen molar-refractivity contribution in [1.82, 2.24) is 10.3 Å². The molecule has 0 radical (unpaired) electrons. The summed E-state index contributed by atoms with van der Waals surface area (Å²) in [4.78, 5) is 18.6. The Morgan fingerprint density at radius 1 is 1.15 bits per heavy atom. The number of aryl methyl sites for hydroxylation is 1. The Morgan fingerprint density at radius 2 is 1.88 bits per heavy atom. The van der Waals surface area contributed by atoms with E-state index in [1.165, 1.54) is 11.3 Å². The highest BCUT2D eigenvalue weighted by molar-refractivity contribution is 5.92. The number of hydrogen-bond donors (Lipinski definition) is 2. The Balaban J connectivity index is 2.06. The summed E-state index contributed by atoms with van der Waals surface area (Å²) in [5.74, 6) is 0.284. The van der Waals surface area contributed by atoms with Gasteiger partial charge in [0.2, 0.25) is 0 Å². The molecule has 1 aromatic carbocycles. The summed E-state index contributed by atoms with van der Waals surface area (Å²) in [6.07, 6.45) is 1.70. The highest BCUT2D eigenvalue weighted by Gasteiger charge is 2.09. The van der Waals surface area contributed by atoms with Crippen LogP contribution in [0.25, 0.3) is 0 Å². The normalized spacial score (nSPS) is 10.7. The maximum absolute atomic E-state index is 12.0. The second kappa shape index (κ2) is 9.22. The van der Waals surface area contributed by atoms with Crippen LogP contribution in [0.15, 0.2) is 36.5 Å². The molecule has 0 fully saturated rings. The lowest BCUT2D eigenvalue weighted by Crippen LogP contribution is -2.27. The molecular formula is C21H30N4O. The number of nitrogens with zero attached hydrogens (tertiary/aromatic N) is 2. The number of rotatable bonds is 8. The zero-order valence-electron chi connectivity index (χ0n) is 16.5. The minimum absolute atomic E-state index is 0.134. The molecule has 1 heterocycles. The Hall–Kier alpha value is -2.56. The Kier molecular flexibility index (Phi) is 7.01. The fourth-order valence-electron chi connectivity index (χ4n) is 2.72. The van der Waals surface area contributed by atoms with Gasteiger partial charge in [-0.3, -0.25) is 4.79 Å². The van der Waals surface area contributed by atoms with Gasteiger partial charge >= 0.3 is 0 Å². The minimum Gasteiger partial charge on any atom is -0.372 e. The molecule has 0 spiro atoms. The average molecular weight is 354 g/mol. The lowest BCUT2D eigenvalue weighted by Gasteiger charge is -2.22. The fourth-order valence-corrected chi connectivity index (χ4v) is 2.72. The first-order valence-electron chi connectivity index (χ1n) is 9.31. The Labute approximate surface area is 156 Å². The molecule has 5 heteroatoms. The van der Waals surface area contributed by atoms with Crippen LogP contribution in [0, 0.1) is 12.8 Å². The lowest BCUT2D eigenvalue weighted by atomic mass is 10.1. The number of nitrogens with one attached hydrogen (secondary N) is 2. The summed E-state index contributed by atoms with van der Waals surface area (Å²) >= 11 is 0. The van der Waals surface area contributed by atoms with Crippen LogP contribution in [0.2, 0.25) is 0 Å². The van der Waals surface area contributed by atoms with Crippen molar-refractivity contribution in [2.45, 2.75) is 34.6 Å². The van der Waals surface area contributed by atoms with Crippen molar-refractivity contribution in [2.75, 3.05) is 29.9 Å². The maximum atomic E-state index is 12.0. The number of aromatic nitrogens is 1. The molecule has 0 atom stereocenters. The van der Waals surface area contributed by atoms with Crippen molar-refractivity contribution in [3.8, 4) is 0 Å². The molecule has 0 saturated carbocycles. The highest BCUT2D eigenvalue weighted by atomic mass is 16.1. The van der Waals surface area contributed by atoms with Gasteiger partial charge in [0.15, 0.2) is 0 Å². The molecule has 0 bridgehead atoms. The summed E-state index contributed by atoms with van der Waals surface area (Å²) in [6.45, 7) is 13.2. The van der Waals surface area contributed by atoms with Gasteiger partial charge in [0.25, 0.3) is 5.91 Å². The SMILES string of the molecule is CCN(CC)c1ccc(Nc2ccc(C(=O)NCC(C)C)nc2)c(C)c1. The van der Waals surface area contributed by atoms with Crippen LogP contribution in [0.3, 0.4) is 0 Å². The van der Waals surface area contributed by atoms with Crippen LogP contribution in [-0.4, -0.2) is 30.5 Å². The van der Waals surface area contributed by atoms with Gasteiger partial charge in [-0.1, -0.05) is 13.8 Å². The molecule has 0 aliphatic rings. The second-order valence-corrected chi connectivity index (χ2v) is 6.83. The number of carbonyl (C=O) groups excluding carboxylic acids is 1. The quantitative estimate of drug-likeness (QED) is 0.739. The predicted octanol–water partition coefficient (Wildman–Crippen LogP) is 4.37. The van der Waals surface area contributed by atoms with Crippen molar-refractivity contribution in [3.05, 3.63) is 47.8 Å². The molecule has 2 N–H and O–H groups in total. The van der Waals surface area contributed by atoms with E-state index < -0.39 is 0 Å².